The van der Waals surface area contributed by atoms with Gasteiger partial charge in [-0.2, -0.15) is 0 Å². The highest BCUT2D eigenvalue weighted by Gasteiger charge is 2.06. The second kappa shape index (κ2) is 6.34. The van der Waals surface area contributed by atoms with E-state index in [-0.39, 0.29) is 12.6 Å². The van der Waals surface area contributed by atoms with Crippen LogP contribution in [0.4, 0.5) is 0 Å². The first-order valence-corrected chi connectivity index (χ1v) is 7.11. The Morgan fingerprint density at radius 1 is 1.28 bits per heavy atom. The van der Waals surface area contributed by atoms with Gasteiger partial charge >= 0.3 is 0 Å². The Morgan fingerprint density at radius 2 is 1.94 bits per heavy atom. The van der Waals surface area contributed by atoms with E-state index in [1.807, 2.05) is 30.3 Å². The molecule has 0 saturated heterocycles. The molecular weight excluding hydrogens is 266 g/mol. The van der Waals surface area contributed by atoms with Crippen molar-refractivity contribution in [3.05, 3.63) is 56.7 Å². The highest BCUT2D eigenvalue weighted by molar-refractivity contribution is 7.14. The van der Waals surface area contributed by atoms with Crippen molar-refractivity contribution in [1.82, 2.24) is 5.32 Å². The van der Waals surface area contributed by atoms with Gasteiger partial charge in [-0.05, 0) is 35.1 Å². The molecule has 0 spiro atoms. The zero-order chi connectivity index (χ0) is 13.0. The standard InChI is InChI=1S/C14H16ClNOS/c1-10(13-6-14(15)18-9-13)16-7-11-2-4-12(8-17)5-3-11/h2-6,9-10,16-17H,7-8H2,1H3. The molecule has 2 nitrogen and oxygen atoms in total. The summed E-state index contributed by atoms with van der Waals surface area (Å²) in [5, 5.41) is 14.5. The third-order valence-electron chi connectivity index (χ3n) is 2.91. The molecule has 1 aromatic carbocycles. The molecule has 0 saturated carbocycles. The molecule has 1 aromatic heterocycles. The number of hydrogen-bond acceptors (Lipinski definition) is 3. The van der Waals surface area contributed by atoms with Gasteiger partial charge in [0, 0.05) is 12.6 Å². The van der Waals surface area contributed by atoms with Gasteiger partial charge in [0.05, 0.1) is 10.9 Å². The van der Waals surface area contributed by atoms with Gasteiger partial charge in [-0.1, -0.05) is 35.9 Å². The van der Waals surface area contributed by atoms with Crippen molar-refractivity contribution in [1.29, 1.82) is 0 Å². The largest absolute Gasteiger partial charge is 0.392 e. The minimum Gasteiger partial charge on any atom is -0.392 e. The summed E-state index contributed by atoms with van der Waals surface area (Å²) >= 11 is 7.48. The average Bonchev–Trinajstić information content (AvgIpc) is 2.83. The molecule has 2 aromatic rings. The summed E-state index contributed by atoms with van der Waals surface area (Å²) in [6.07, 6.45) is 0. The van der Waals surface area contributed by atoms with Crippen molar-refractivity contribution in [3.63, 3.8) is 0 Å². The highest BCUT2D eigenvalue weighted by Crippen LogP contribution is 2.24. The van der Waals surface area contributed by atoms with Gasteiger partial charge in [-0.15, -0.1) is 11.3 Å². The number of rotatable bonds is 5. The summed E-state index contributed by atoms with van der Waals surface area (Å²) in [5.74, 6) is 0. The SMILES string of the molecule is CC(NCc1ccc(CO)cc1)c1csc(Cl)c1. The van der Waals surface area contributed by atoms with Crippen molar-refractivity contribution in [3.8, 4) is 0 Å². The van der Waals surface area contributed by atoms with Crippen LogP contribution in [0.5, 0.6) is 0 Å². The molecule has 1 unspecified atom stereocenters. The average molecular weight is 282 g/mol. The number of aliphatic hydroxyl groups excluding tert-OH is 1. The van der Waals surface area contributed by atoms with Gasteiger partial charge in [0.1, 0.15) is 0 Å². The van der Waals surface area contributed by atoms with E-state index in [2.05, 4.69) is 17.6 Å². The van der Waals surface area contributed by atoms with E-state index < -0.39 is 0 Å². The summed E-state index contributed by atoms with van der Waals surface area (Å²) in [6.45, 7) is 3.03. The molecule has 0 bridgehead atoms. The lowest BCUT2D eigenvalue weighted by molar-refractivity contribution is 0.282. The van der Waals surface area contributed by atoms with Crippen molar-refractivity contribution in [2.24, 2.45) is 0 Å². The zero-order valence-electron chi connectivity index (χ0n) is 10.2. The molecule has 2 rings (SSSR count). The van der Waals surface area contributed by atoms with Crippen LogP contribution < -0.4 is 5.32 Å². The monoisotopic (exact) mass is 281 g/mol. The Hall–Kier alpha value is -0.870. The fourth-order valence-electron chi connectivity index (χ4n) is 1.70. The van der Waals surface area contributed by atoms with Gasteiger partial charge in [0.2, 0.25) is 0 Å². The molecule has 1 atom stereocenters. The second-order valence-corrected chi connectivity index (χ2v) is 5.80. The maximum atomic E-state index is 8.97. The molecule has 1 heterocycles. The molecule has 2 N–H and O–H groups in total. The molecular formula is C14H16ClNOS. The highest BCUT2D eigenvalue weighted by atomic mass is 35.5. The molecule has 0 aliphatic carbocycles. The van der Waals surface area contributed by atoms with Crippen molar-refractivity contribution >= 4 is 22.9 Å². The molecule has 0 aliphatic rings. The van der Waals surface area contributed by atoms with Crippen LogP contribution in [0.1, 0.15) is 29.7 Å². The van der Waals surface area contributed by atoms with Gasteiger partial charge in [-0.25, -0.2) is 0 Å². The van der Waals surface area contributed by atoms with Crippen LogP contribution in [0.3, 0.4) is 0 Å². The van der Waals surface area contributed by atoms with Crippen molar-refractivity contribution < 1.29 is 5.11 Å². The van der Waals surface area contributed by atoms with E-state index in [1.165, 1.54) is 11.1 Å². The third-order valence-corrected chi connectivity index (χ3v) is 4.02. The first-order valence-electron chi connectivity index (χ1n) is 5.85. The molecule has 0 aliphatic heterocycles. The van der Waals surface area contributed by atoms with E-state index in [4.69, 9.17) is 16.7 Å². The van der Waals surface area contributed by atoms with Gasteiger partial charge in [0.15, 0.2) is 0 Å². The summed E-state index contributed by atoms with van der Waals surface area (Å²) in [4.78, 5) is 0. The van der Waals surface area contributed by atoms with Gasteiger partial charge in [-0.3, -0.25) is 0 Å². The van der Waals surface area contributed by atoms with E-state index in [0.29, 0.717) is 0 Å². The van der Waals surface area contributed by atoms with Crippen molar-refractivity contribution in [2.75, 3.05) is 0 Å². The van der Waals surface area contributed by atoms with Gasteiger partial charge < -0.3 is 10.4 Å². The lowest BCUT2D eigenvalue weighted by Gasteiger charge is -2.12. The summed E-state index contributed by atoms with van der Waals surface area (Å²) in [6, 6.07) is 10.2. The van der Waals surface area contributed by atoms with Crippen LogP contribution in [0.25, 0.3) is 0 Å². The van der Waals surface area contributed by atoms with Crippen LogP contribution >= 0.6 is 22.9 Å². The lowest BCUT2D eigenvalue weighted by Crippen LogP contribution is -2.17. The summed E-state index contributed by atoms with van der Waals surface area (Å²) < 4.78 is 0.825. The van der Waals surface area contributed by atoms with Crippen LogP contribution in [0, 0.1) is 0 Å². The van der Waals surface area contributed by atoms with Crippen LogP contribution in [0.2, 0.25) is 4.34 Å². The molecule has 0 radical (unpaired) electrons. The topological polar surface area (TPSA) is 32.3 Å². The Kier molecular flexibility index (Phi) is 4.78. The van der Waals surface area contributed by atoms with Crippen molar-refractivity contribution in [2.45, 2.75) is 26.1 Å². The second-order valence-electron chi connectivity index (χ2n) is 4.26. The first-order chi connectivity index (χ1) is 8.69. The first kappa shape index (κ1) is 13.6. The number of thiophene rings is 1. The normalized spacial score (nSPS) is 12.6. The molecule has 18 heavy (non-hydrogen) atoms. The maximum Gasteiger partial charge on any atom is 0.0931 e. The van der Waals surface area contributed by atoms with Crippen LogP contribution in [-0.4, -0.2) is 5.11 Å². The Bertz CT molecular complexity index is 495. The quantitative estimate of drug-likeness (QED) is 0.875. The van der Waals surface area contributed by atoms with E-state index in [1.54, 1.807) is 11.3 Å². The molecule has 96 valence electrons. The van der Waals surface area contributed by atoms with Gasteiger partial charge in [0.25, 0.3) is 0 Å². The Morgan fingerprint density at radius 3 is 2.50 bits per heavy atom. The fraction of sp³-hybridized carbons (Fsp3) is 0.286. The Balaban J connectivity index is 1.90. The minimum atomic E-state index is 0.0948. The van der Waals surface area contributed by atoms with Crippen LogP contribution in [-0.2, 0) is 13.2 Å². The predicted molar refractivity (Wildman–Crippen MR) is 76.9 cm³/mol. The maximum absolute atomic E-state index is 8.97. The fourth-order valence-corrected chi connectivity index (χ4v) is 2.69. The number of aliphatic hydroxyl groups is 1. The zero-order valence-corrected chi connectivity index (χ0v) is 11.8. The van der Waals surface area contributed by atoms with E-state index >= 15 is 0 Å². The molecule has 4 heteroatoms. The molecule has 0 amide bonds. The smallest absolute Gasteiger partial charge is 0.0931 e. The summed E-state index contributed by atoms with van der Waals surface area (Å²) in [7, 11) is 0. The predicted octanol–water partition coefficient (Wildman–Crippen LogP) is 3.74. The molecule has 0 fully saturated rings. The lowest BCUT2D eigenvalue weighted by atomic mass is 10.1. The number of hydrogen-bond donors (Lipinski definition) is 2. The summed E-state index contributed by atoms with van der Waals surface area (Å²) in [5.41, 5.74) is 3.37. The van der Waals surface area contributed by atoms with E-state index in [9.17, 15) is 0 Å². The Labute approximate surface area is 116 Å². The minimum absolute atomic E-state index is 0.0948. The number of halogens is 1. The number of nitrogens with one attached hydrogen (secondary N) is 1. The number of benzene rings is 1. The van der Waals surface area contributed by atoms with E-state index in [0.717, 1.165) is 16.4 Å². The third kappa shape index (κ3) is 3.56. The van der Waals surface area contributed by atoms with Crippen LogP contribution in [0.15, 0.2) is 35.7 Å².